The van der Waals surface area contributed by atoms with E-state index in [1.807, 2.05) is 6.07 Å². The smallest absolute Gasteiger partial charge is 0.340 e. The van der Waals surface area contributed by atoms with Crippen molar-refractivity contribution in [2.24, 2.45) is 0 Å². The number of carbonyl (C=O) groups excluding carboxylic acids is 2. The minimum Gasteiger partial charge on any atom is -0.497 e. The second kappa shape index (κ2) is 13.0. The zero-order valence-corrected chi connectivity index (χ0v) is 23.6. The van der Waals surface area contributed by atoms with Gasteiger partial charge in [-0.15, -0.1) is 0 Å². The van der Waals surface area contributed by atoms with Crippen LogP contribution in [0.25, 0.3) is 0 Å². The summed E-state index contributed by atoms with van der Waals surface area (Å²) < 4.78 is 50.6. The number of sulfonamides is 1. The topological polar surface area (TPSA) is 108 Å². The SMILES string of the molecule is COC(=O)c1ccc(COc2cccc(C(=O)OC)c2N(Cc2ccccc2)S(=O)(=O)c2ccc(OC)cc2)cc1. The van der Waals surface area contributed by atoms with Crippen LogP contribution in [0, 0.1) is 0 Å². The van der Waals surface area contributed by atoms with Crippen LogP contribution >= 0.6 is 0 Å². The predicted molar refractivity (Wildman–Crippen MR) is 153 cm³/mol. The molecule has 0 aliphatic rings. The maximum atomic E-state index is 14.2. The highest BCUT2D eigenvalue weighted by Crippen LogP contribution is 2.38. The van der Waals surface area contributed by atoms with E-state index in [4.69, 9.17) is 18.9 Å². The second-order valence-corrected chi connectivity index (χ2v) is 10.7. The van der Waals surface area contributed by atoms with Crippen molar-refractivity contribution in [3.8, 4) is 11.5 Å². The van der Waals surface area contributed by atoms with Crippen molar-refractivity contribution in [1.29, 1.82) is 0 Å². The van der Waals surface area contributed by atoms with Gasteiger partial charge in [0.1, 0.15) is 23.8 Å². The molecule has 0 saturated heterocycles. The lowest BCUT2D eigenvalue weighted by Crippen LogP contribution is -2.32. The standard InChI is InChI=1S/C31H29NO8S/c1-37-25-16-18-26(19-17-25)41(35,36)32(20-22-8-5-4-6-9-22)29-27(31(34)39-3)10-7-11-28(29)40-21-23-12-14-24(15-13-23)30(33)38-2/h4-19H,20-21H2,1-3H3. The molecular weight excluding hydrogens is 546 g/mol. The summed E-state index contributed by atoms with van der Waals surface area (Å²) in [6.45, 7) is -0.0613. The number of hydrogen-bond acceptors (Lipinski definition) is 8. The summed E-state index contributed by atoms with van der Waals surface area (Å²) in [5, 5.41) is 0. The molecule has 0 radical (unpaired) electrons. The molecule has 0 heterocycles. The van der Waals surface area contributed by atoms with Gasteiger partial charge in [0.15, 0.2) is 0 Å². The Labute approximate surface area is 238 Å². The quantitative estimate of drug-likeness (QED) is 0.223. The Balaban J connectivity index is 1.81. The molecule has 0 unspecified atom stereocenters. The van der Waals surface area contributed by atoms with Gasteiger partial charge in [0.25, 0.3) is 10.0 Å². The molecule has 0 bridgehead atoms. The van der Waals surface area contributed by atoms with Crippen molar-refractivity contribution in [1.82, 2.24) is 0 Å². The minimum absolute atomic E-state index is 0.00162. The summed E-state index contributed by atoms with van der Waals surface area (Å²) in [6.07, 6.45) is 0. The second-order valence-electron chi connectivity index (χ2n) is 8.79. The minimum atomic E-state index is -4.23. The molecule has 41 heavy (non-hydrogen) atoms. The van der Waals surface area contributed by atoms with Crippen LogP contribution in [0.5, 0.6) is 11.5 Å². The van der Waals surface area contributed by atoms with Crippen LogP contribution in [0.15, 0.2) is 102 Å². The lowest BCUT2D eigenvalue weighted by molar-refractivity contribution is 0.0592. The average Bonchev–Trinajstić information content (AvgIpc) is 3.02. The molecule has 0 amide bonds. The van der Waals surface area contributed by atoms with Crippen molar-refractivity contribution < 1.29 is 37.0 Å². The maximum Gasteiger partial charge on any atom is 0.340 e. The molecular formula is C31H29NO8S. The van der Waals surface area contributed by atoms with Crippen molar-refractivity contribution >= 4 is 27.6 Å². The molecule has 0 aliphatic carbocycles. The molecule has 0 aromatic heterocycles. The van der Waals surface area contributed by atoms with Crippen LogP contribution < -0.4 is 13.8 Å². The summed E-state index contributed by atoms with van der Waals surface area (Å²) in [4.78, 5) is 24.7. The third-order valence-corrected chi connectivity index (χ3v) is 8.00. The van der Waals surface area contributed by atoms with Crippen LogP contribution in [0.2, 0.25) is 0 Å². The van der Waals surface area contributed by atoms with Gasteiger partial charge in [0, 0.05) is 0 Å². The molecule has 212 valence electrons. The number of esters is 2. The lowest BCUT2D eigenvalue weighted by Gasteiger charge is -2.28. The van der Waals surface area contributed by atoms with E-state index in [-0.39, 0.29) is 35.0 Å². The third-order valence-electron chi connectivity index (χ3n) is 6.24. The van der Waals surface area contributed by atoms with Gasteiger partial charge in [-0.05, 0) is 59.7 Å². The molecule has 0 spiro atoms. The van der Waals surface area contributed by atoms with Crippen LogP contribution in [-0.4, -0.2) is 41.7 Å². The van der Waals surface area contributed by atoms with Crippen molar-refractivity contribution in [2.75, 3.05) is 25.6 Å². The number of ether oxygens (including phenoxy) is 4. The molecule has 4 rings (SSSR count). The molecule has 0 saturated carbocycles. The predicted octanol–water partition coefficient (Wildman–Crippen LogP) is 5.24. The van der Waals surface area contributed by atoms with E-state index >= 15 is 0 Å². The molecule has 4 aromatic rings. The van der Waals surface area contributed by atoms with Gasteiger partial charge in [0.2, 0.25) is 0 Å². The fraction of sp³-hybridized carbons (Fsp3) is 0.161. The molecule has 0 aliphatic heterocycles. The molecule has 0 N–H and O–H groups in total. The maximum absolute atomic E-state index is 14.2. The summed E-state index contributed by atoms with van der Waals surface area (Å²) in [6, 6.07) is 26.3. The zero-order valence-electron chi connectivity index (χ0n) is 22.8. The van der Waals surface area contributed by atoms with E-state index in [0.717, 1.165) is 4.31 Å². The Kier molecular flexibility index (Phi) is 9.26. The highest BCUT2D eigenvalue weighted by molar-refractivity contribution is 7.92. The fourth-order valence-corrected chi connectivity index (χ4v) is 5.58. The number of rotatable bonds is 11. The van der Waals surface area contributed by atoms with E-state index in [2.05, 4.69) is 0 Å². The number of nitrogens with zero attached hydrogens (tertiary/aromatic N) is 1. The Morgan fingerprint density at radius 1 is 0.707 bits per heavy atom. The van der Waals surface area contributed by atoms with Crippen molar-refractivity contribution in [2.45, 2.75) is 18.0 Å². The largest absolute Gasteiger partial charge is 0.497 e. The third kappa shape index (κ3) is 6.67. The Hall–Kier alpha value is -4.83. The van der Waals surface area contributed by atoms with Crippen LogP contribution in [0.3, 0.4) is 0 Å². The Bertz CT molecular complexity index is 1600. The lowest BCUT2D eigenvalue weighted by atomic mass is 10.1. The number of para-hydroxylation sites is 1. The first-order chi connectivity index (χ1) is 19.8. The summed E-state index contributed by atoms with van der Waals surface area (Å²) in [7, 11) is -0.210. The van der Waals surface area contributed by atoms with E-state index < -0.39 is 22.0 Å². The normalized spacial score (nSPS) is 10.9. The monoisotopic (exact) mass is 575 g/mol. The molecule has 4 aromatic carbocycles. The number of benzene rings is 4. The summed E-state index contributed by atoms with van der Waals surface area (Å²) >= 11 is 0. The average molecular weight is 576 g/mol. The first kappa shape index (κ1) is 29.2. The van der Waals surface area contributed by atoms with E-state index in [1.54, 1.807) is 72.8 Å². The first-order valence-corrected chi connectivity index (χ1v) is 13.9. The molecule has 10 heteroatoms. The van der Waals surface area contributed by atoms with E-state index in [1.165, 1.54) is 39.5 Å². The van der Waals surface area contributed by atoms with Gasteiger partial charge in [0.05, 0.1) is 43.9 Å². The zero-order chi connectivity index (χ0) is 29.4. The first-order valence-electron chi connectivity index (χ1n) is 12.5. The fourth-order valence-electron chi connectivity index (χ4n) is 4.10. The Morgan fingerprint density at radius 2 is 1.37 bits per heavy atom. The number of anilines is 1. The van der Waals surface area contributed by atoms with Gasteiger partial charge >= 0.3 is 11.9 Å². The number of carbonyl (C=O) groups is 2. The van der Waals surface area contributed by atoms with E-state index in [0.29, 0.717) is 22.4 Å². The van der Waals surface area contributed by atoms with Gasteiger partial charge in [-0.3, -0.25) is 4.31 Å². The summed E-state index contributed by atoms with van der Waals surface area (Å²) in [5.74, 6) is -0.546. The van der Waals surface area contributed by atoms with Gasteiger partial charge in [-0.2, -0.15) is 0 Å². The molecule has 0 fully saturated rings. The Morgan fingerprint density at radius 3 is 1.98 bits per heavy atom. The number of hydrogen-bond donors (Lipinski definition) is 0. The summed E-state index contributed by atoms with van der Waals surface area (Å²) in [5.41, 5.74) is 1.82. The molecule has 9 nitrogen and oxygen atoms in total. The highest BCUT2D eigenvalue weighted by Gasteiger charge is 2.32. The van der Waals surface area contributed by atoms with Crippen LogP contribution in [0.1, 0.15) is 31.8 Å². The highest BCUT2D eigenvalue weighted by atomic mass is 32.2. The van der Waals surface area contributed by atoms with Crippen LogP contribution in [0.4, 0.5) is 5.69 Å². The molecule has 0 atom stereocenters. The van der Waals surface area contributed by atoms with E-state index in [9.17, 15) is 18.0 Å². The van der Waals surface area contributed by atoms with Gasteiger partial charge in [-0.1, -0.05) is 48.5 Å². The number of methoxy groups -OCH3 is 3. The van der Waals surface area contributed by atoms with Gasteiger partial charge < -0.3 is 18.9 Å². The van der Waals surface area contributed by atoms with Gasteiger partial charge in [-0.25, -0.2) is 18.0 Å². The van der Waals surface area contributed by atoms with Crippen molar-refractivity contribution in [3.63, 3.8) is 0 Å². The van der Waals surface area contributed by atoms with Crippen LogP contribution in [-0.2, 0) is 32.6 Å². The van der Waals surface area contributed by atoms with Crippen molar-refractivity contribution in [3.05, 3.63) is 119 Å².